The number of carbonyl (C=O) groups is 1. The first kappa shape index (κ1) is 15.6. The number of nitrogens with one attached hydrogen (secondary N) is 2. The second kappa shape index (κ2) is 7.32. The van der Waals surface area contributed by atoms with Crippen LogP contribution in [0, 0.1) is 5.82 Å². The number of halogens is 1. The molecule has 3 rings (SSSR count). The summed E-state index contributed by atoms with van der Waals surface area (Å²) in [6, 6.07) is 13.2. The number of rotatable bonds is 5. The zero-order valence-electron chi connectivity index (χ0n) is 12.7. The Morgan fingerprint density at radius 3 is 2.54 bits per heavy atom. The topological polar surface area (TPSA) is 66.9 Å². The fraction of sp³-hybridized carbons (Fsp3) is 0.0556. The average molecular weight is 322 g/mol. The Kier molecular flexibility index (Phi) is 4.76. The second-order valence-corrected chi connectivity index (χ2v) is 5.11. The van der Waals surface area contributed by atoms with Gasteiger partial charge in [0.15, 0.2) is 0 Å². The summed E-state index contributed by atoms with van der Waals surface area (Å²) in [4.78, 5) is 20.1. The van der Waals surface area contributed by atoms with Crippen molar-refractivity contribution in [2.75, 3.05) is 10.6 Å². The maximum Gasteiger partial charge on any atom is 0.258 e. The fourth-order valence-corrected chi connectivity index (χ4v) is 2.06. The minimum atomic E-state index is -0.261. The van der Waals surface area contributed by atoms with Gasteiger partial charge in [0.2, 0.25) is 0 Å². The lowest BCUT2D eigenvalue weighted by Gasteiger charge is -2.08. The minimum Gasteiger partial charge on any atom is -0.380 e. The van der Waals surface area contributed by atoms with Crippen molar-refractivity contribution >= 4 is 17.4 Å². The molecule has 0 fully saturated rings. The normalized spacial score (nSPS) is 10.2. The van der Waals surface area contributed by atoms with Crippen molar-refractivity contribution in [3.8, 4) is 0 Å². The van der Waals surface area contributed by atoms with E-state index in [0.29, 0.717) is 17.9 Å². The summed E-state index contributed by atoms with van der Waals surface area (Å²) in [5.41, 5.74) is 2.24. The fourth-order valence-electron chi connectivity index (χ4n) is 2.06. The molecule has 0 aliphatic rings. The molecule has 24 heavy (non-hydrogen) atoms. The van der Waals surface area contributed by atoms with E-state index >= 15 is 0 Å². The Labute approximate surface area is 138 Å². The zero-order chi connectivity index (χ0) is 16.8. The largest absolute Gasteiger partial charge is 0.380 e. The number of hydrogen-bond donors (Lipinski definition) is 2. The van der Waals surface area contributed by atoms with Crippen molar-refractivity contribution in [3.05, 3.63) is 84.1 Å². The van der Waals surface area contributed by atoms with E-state index in [4.69, 9.17) is 0 Å². The van der Waals surface area contributed by atoms with Crippen LogP contribution in [-0.4, -0.2) is 15.9 Å². The smallest absolute Gasteiger partial charge is 0.258 e. The van der Waals surface area contributed by atoms with E-state index in [2.05, 4.69) is 20.6 Å². The summed E-state index contributed by atoms with van der Waals surface area (Å²) in [5, 5.41) is 5.89. The first-order valence-electron chi connectivity index (χ1n) is 7.36. The Morgan fingerprint density at radius 1 is 1.04 bits per heavy atom. The van der Waals surface area contributed by atoms with Crippen LogP contribution in [0.25, 0.3) is 0 Å². The van der Waals surface area contributed by atoms with Crippen molar-refractivity contribution in [3.63, 3.8) is 0 Å². The maximum atomic E-state index is 12.9. The van der Waals surface area contributed by atoms with Crippen LogP contribution in [0.1, 0.15) is 15.9 Å². The lowest BCUT2D eigenvalue weighted by Crippen LogP contribution is -2.13. The number of anilines is 2. The minimum absolute atomic E-state index is 0.255. The Morgan fingerprint density at radius 2 is 1.88 bits per heavy atom. The van der Waals surface area contributed by atoms with Gasteiger partial charge in [0.05, 0.1) is 17.4 Å². The van der Waals surface area contributed by atoms with Gasteiger partial charge in [0, 0.05) is 18.9 Å². The lowest BCUT2D eigenvalue weighted by atomic mass is 10.2. The number of aromatic nitrogens is 2. The molecule has 0 atom stereocenters. The van der Waals surface area contributed by atoms with E-state index in [1.165, 1.54) is 18.3 Å². The van der Waals surface area contributed by atoms with Crippen molar-refractivity contribution in [1.82, 2.24) is 9.97 Å². The van der Waals surface area contributed by atoms with Gasteiger partial charge in [-0.3, -0.25) is 9.78 Å². The van der Waals surface area contributed by atoms with E-state index < -0.39 is 0 Å². The van der Waals surface area contributed by atoms with E-state index in [1.807, 2.05) is 6.07 Å². The molecular formula is C18H15FN4O. The summed E-state index contributed by atoms with van der Waals surface area (Å²) in [5.74, 6) is -0.0621. The third-order valence-corrected chi connectivity index (χ3v) is 3.34. The van der Waals surface area contributed by atoms with Crippen LogP contribution in [0.15, 0.2) is 67.1 Å². The highest BCUT2D eigenvalue weighted by atomic mass is 19.1. The number of carbonyl (C=O) groups excluding carboxylic acids is 1. The van der Waals surface area contributed by atoms with Crippen molar-refractivity contribution in [1.29, 1.82) is 0 Å². The van der Waals surface area contributed by atoms with Gasteiger partial charge >= 0.3 is 0 Å². The maximum absolute atomic E-state index is 12.9. The molecular weight excluding hydrogens is 307 g/mol. The molecule has 0 aliphatic carbocycles. The SMILES string of the molecule is O=C(Nc1ccc(NCc2ccc(F)cc2)cn1)c1cccnc1. The van der Waals surface area contributed by atoms with Crippen LogP contribution in [0.4, 0.5) is 15.9 Å². The van der Waals surface area contributed by atoms with Crippen LogP contribution < -0.4 is 10.6 Å². The highest BCUT2D eigenvalue weighted by molar-refractivity contribution is 6.03. The molecule has 2 aromatic heterocycles. The Bertz CT molecular complexity index is 805. The van der Waals surface area contributed by atoms with Gasteiger partial charge < -0.3 is 10.6 Å². The molecule has 0 bridgehead atoms. The van der Waals surface area contributed by atoms with Crippen LogP contribution in [0.3, 0.4) is 0 Å². The Hall–Kier alpha value is -3.28. The summed E-state index contributed by atoms with van der Waals surface area (Å²) in [7, 11) is 0. The second-order valence-electron chi connectivity index (χ2n) is 5.11. The van der Waals surface area contributed by atoms with E-state index in [9.17, 15) is 9.18 Å². The van der Waals surface area contributed by atoms with Gasteiger partial charge in [0.1, 0.15) is 11.6 Å². The first-order valence-corrected chi connectivity index (χ1v) is 7.36. The summed E-state index contributed by atoms with van der Waals surface area (Å²) in [6.07, 6.45) is 4.73. The molecule has 0 unspecified atom stereocenters. The van der Waals surface area contributed by atoms with Gasteiger partial charge in [0.25, 0.3) is 5.91 Å². The molecule has 1 aromatic carbocycles. The highest BCUT2D eigenvalue weighted by Gasteiger charge is 2.06. The number of hydrogen-bond acceptors (Lipinski definition) is 4. The predicted molar refractivity (Wildman–Crippen MR) is 90.2 cm³/mol. The van der Waals surface area contributed by atoms with Gasteiger partial charge in [-0.2, -0.15) is 0 Å². The zero-order valence-corrected chi connectivity index (χ0v) is 12.7. The van der Waals surface area contributed by atoms with Crippen molar-refractivity contribution < 1.29 is 9.18 Å². The number of amides is 1. The Balaban J connectivity index is 1.57. The molecule has 6 heteroatoms. The first-order chi connectivity index (χ1) is 11.7. The molecule has 5 nitrogen and oxygen atoms in total. The third kappa shape index (κ3) is 4.13. The molecule has 0 saturated heterocycles. The average Bonchev–Trinajstić information content (AvgIpc) is 2.63. The monoisotopic (exact) mass is 322 g/mol. The summed E-state index contributed by atoms with van der Waals surface area (Å²) in [6.45, 7) is 0.559. The van der Waals surface area contributed by atoms with Crippen molar-refractivity contribution in [2.24, 2.45) is 0 Å². The van der Waals surface area contributed by atoms with Crippen molar-refractivity contribution in [2.45, 2.75) is 6.54 Å². The molecule has 0 radical (unpaired) electrons. The van der Waals surface area contributed by atoms with Crippen LogP contribution in [0.2, 0.25) is 0 Å². The standard InChI is InChI=1S/C18H15FN4O/c19-15-5-3-13(4-6-15)10-21-16-7-8-17(22-12-16)23-18(24)14-2-1-9-20-11-14/h1-9,11-12,21H,10H2,(H,22,23,24). The lowest BCUT2D eigenvalue weighted by molar-refractivity contribution is 0.102. The molecule has 120 valence electrons. The van der Waals surface area contributed by atoms with Crippen LogP contribution in [0.5, 0.6) is 0 Å². The summed E-state index contributed by atoms with van der Waals surface area (Å²) >= 11 is 0. The van der Waals surface area contributed by atoms with E-state index in [-0.39, 0.29) is 11.7 Å². The summed E-state index contributed by atoms with van der Waals surface area (Å²) < 4.78 is 12.9. The quantitative estimate of drug-likeness (QED) is 0.755. The van der Waals surface area contributed by atoms with Gasteiger partial charge in [-0.15, -0.1) is 0 Å². The van der Waals surface area contributed by atoms with Gasteiger partial charge in [-0.1, -0.05) is 12.1 Å². The predicted octanol–water partition coefficient (Wildman–Crippen LogP) is 3.48. The van der Waals surface area contributed by atoms with E-state index in [0.717, 1.165) is 11.3 Å². The van der Waals surface area contributed by atoms with E-state index in [1.54, 1.807) is 42.7 Å². The number of benzene rings is 1. The molecule has 3 aromatic rings. The van der Waals surface area contributed by atoms with Gasteiger partial charge in [-0.25, -0.2) is 9.37 Å². The molecule has 0 aliphatic heterocycles. The van der Waals surface area contributed by atoms with Crippen LogP contribution >= 0.6 is 0 Å². The number of nitrogens with zero attached hydrogens (tertiary/aromatic N) is 2. The molecule has 2 N–H and O–H groups in total. The van der Waals surface area contributed by atoms with Crippen LogP contribution in [-0.2, 0) is 6.54 Å². The molecule has 1 amide bonds. The highest BCUT2D eigenvalue weighted by Crippen LogP contribution is 2.12. The molecule has 0 saturated carbocycles. The number of pyridine rings is 2. The molecule has 0 spiro atoms. The molecule has 2 heterocycles. The van der Waals surface area contributed by atoms with Gasteiger partial charge in [-0.05, 0) is 42.0 Å². The third-order valence-electron chi connectivity index (χ3n) is 3.34.